The van der Waals surface area contributed by atoms with E-state index in [1.807, 2.05) is 6.07 Å². The number of aliphatic hydroxyl groups excluding tert-OH is 2. The number of nitrogens with two attached hydrogens (primary N) is 1. The van der Waals surface area contributed by atoms with Crippen molar-refractivity contribution in [2.24, 2.45) is 10.9 Å². The van der Waals surface area contributed by atoms with Crippen LogP contribution in [0.25, 0.3) is 0 Å². The number of oxime groups is 1. The number of ether oxygens (including phenoxy) is 1. The lowest BCUT2D eigenvalue weighted by Gasteiger charge is -2.14. The fourth-order valence-electron chi connectivity index (χ4n) is 2.38. The van der Waals surface area contributed by atoms with Crippen molar-refractivity contribution in [3.8, 4) is 17.6 Å². The number of nitrogens with zero attached hydrogens (tertiary/aromatic N) is 2. The average Bonchev–Trinajstić information content (AvgIpc) is 2.76. The number of phenols is 1. The summed E-state index contributed by atoms with van der Waals surface area (Å²) in [7, 11) is 0. The number of carbonyl (C=O) groups excluding carboxylic acids is 1. The summed E-state index contributed by atoms with van der Waals surface area (Å²) in [5, 5.41) is 49.4. The molecule has 31 heavy (non-hydrogen) atoms. The van der Waals surface area contributed by atoms with Gasteiger partial charge in [-0.05, 0) is 61.4 Å². The Hall–Kier alpha value is -3.81. The second-order valence-corrected chi connectivity index (χ2v) is 6.50. The molecule has 0 heterocycles. The van der Waals surface area contributed by atoms with Crippen LogP contribution >= 0.6 is 0 Å². The van der Waals surface area contributed by atoms with E-state index < -0.39 is 18.6 Å². The number of nitriles is 1. The molecule has 0 fully saturated rings. The van der Waals surface area contributed by atoms with Crippen LogP contribution in [-0.2, 0) is 4.79 Å². The summed E-state index contributed by atoms with van der Waals surface area (Å²) in [4.78, 5) is 10.8. The number of rotatable bonds is 7. The van der Waals surface area contributed by atoms with Gasteiger partial charge in [0.15, 0.2) is 5.84 Å². The molecule has 10 nitrogen and oxygen atoms in total. The van der Waals surface area contributed by atoms with Crippen LogP contribution < -0.4 is 15.8 Å². The van der Waals surface area contributed by atoms with Gasteiger partial charge in [-0.1, -0.05) is 5.16 Å². The number of amidine groups is 1. The first kappa shape index (κ1) is 25.2. The number of aryl methyl sites for hydroxylation is 2. The molecule has 0 spiro atoms. The molecular formula is C21H26N4O6. The number of hydrogen-bond donors (Lipinski definition) is 6. The predicted molar refractivity (Wildman–Crippen MR) is 113 cm³/mol. The fraction of sp³-hybridized carbons (Fsp3) is 0.286. The predicted octanol–water partition coefficient (Wildman–Crippen LogP) is 0.510. The van der Waals surface area contributed by atoms with Gasteiger partial charge in [-0.3, -0.25) is 4.79 Å². The zero-order valence-corrected chi connectivity index (χ0v) is 17.2. The normalized spacial score (nSPS) is 11.5. The Bertz CT molecular complexity index is 955. The molecule has 2 rings (SSSR count). The minimum Gasteiger partial charge on any atom is -0.508 e. The van der Waals surface area contributed by atoms with Crippen LogP contribution in [0.15, 0.2) is 41.6 Å². The molecule has 0 aromatic heterocycles. The molecule has 0 aliphatic carbocycles. The molecule has 0 radical (unpaired) electrons. The van der Waals surface area contributed by atoms with Crippen LogP contribution in [0.5, 0.6) is 11.5 Å². The zero-order chi connectivity index (χ0) is 23.4. The maximum Gasteiger partial charge on any atom is 0.245 e. The standard InChI is InChI=1S/C13H19N3O5.C8H7NO/c1-8-4-10(2-3-11(8)13(14)16-20)21-7-9(18)5-15-12(19)6-17;1-6-4-8(10)3-2-7(6)5-9/h2-4,9,17-18,20H,5-7H2,1H3,(H2,14,16)(H,15,19);2-4,10H,1H3/t9-;/m0./s1. The Morgan fingerprint density at radius 3 is 2.52 bits per heavy atom. The van der Waals surface area contributed by atoms with E-state index in [9.17, 15) is 9.90 Å². The van der Waals surface area contributed by atoms with Gasteiger partial charge in [-0.15, -0.1) is 0 Å². The Morgan fingerprint density at radius 2 is 1.97 bits per heavy atom. The van der Waals surface area contributed by atoms with Gasteiger partial charge in [-0.2, -0.15) is 5.26 Å². The molecule has 1 atom stereocenters. The molecule has 0 saturated carbocycles. The molecule has 0 unspecified atom stereocenters. The van der Waals surface area contributed by atoms with E-state index in [0.717, 1.165) is 11.1 Å². The van der Waals surface area contributed by atoms with Crippen LogP contribution in [0.1, 0.15) is 22.3 Å². The third kappa shape index (κ3) is 8.61. The number of nitrogens with one attached hydrogen (secondary N) is 1. The van der Waals surface area contributed by atoms with Crippen molar-refractivity contribution in [2.75, 3.05) is 19.8 Å². The lowest BCUT2D eigenvalue weighted by molar-refractivity contribution is -0.124. The largest absolute Gasteiger partial charge is 0.508 e. The Kier molecular flexibility index (Phi) is 10.3. The van der Waals surface area contributed by atoms with Gasteiger partial charge in [0.1, 0.15) is 30.8 Å². The van der Waals surface area contributed by atoms with Gasteiger partial charge in [0.2, 0.25) is 5.91 Å². The summed E-state index contributed by atoms with van der Waals surface area (Å²) >= 11 is 0. The van der Waals surface area contributed by atoms with Crippen LogP contribution in [-0.4, -0.2) is 58.1 Å². The molecule has 0 aliphatic rings. The van der Waals surface area contributed by atoms with Crippen LogP contribution in [0.2, 0.25) is 0 Å². The van der Waals surface area contributed by atoms with Crippen molar-refractivity contribution in [2.45, 2.75) is 20.0 Å². The van der Waals surface area contributed by atoms with Crippen molar-refractivity contribution in [3.63, 3.8) is 0 Å². The van der Waals surface area contributed by atoms with E-state index in [-0.39, 0.29) is 24.7 Å². The van der Waals surface area contributed by atoms with Gasteiger partial charge < -0.3 is 36.3 Å². The SMILES string of the molecule is Cc1cc(O)ccc1C#N.Cc1cc(OC[C@@H](O)CNC(=O)CO)ccc1C(N)=NO. The van der Waals surface area contributed by atoms with E-state index in [0.29, 0.717) is 16.9 Å². The van der Waals surface area contributed by atoms with Gasteiger partial charge in [-0.25, -0.2) is 0 Å². The molecule has 7 N–H and O–H groups in total. The minimum atomic E-state index is -0.899. The number of aliphatic hydroxyl groups is 2. The van der Waals surface area contributed by atoms with E-state index in [2.05, 4.69) is 10.5 Å². The first-order valence-corrected chi connectivity index (χ1v) is 9.18. The summed E-state index contributed by atoms with van der Waals surface area (Å²) < 4.78 is 5.38. The van der Waals surface area contributed by atoms with Gasteiger partial charge in [0, 0.05) is 12.1 Å². The van der Waals surface area contributed by atoms with Crippen molar-refractivity contribution < 1.29 is 30.1 Å². The lowest BCUT2D eigenvalue weighted by Crippen LogP contribution is -2.36. The molecule has 166 valence electrons. The minimum absolute atomic E-state index is 0.00537. The molecule has 2 aromatic carbocycles. The molecular weight excluding hydrogens is 404 g/mol. The fourth-order valence-corrected chi connectivity index (χ4v) is 2.38. The number of phenolic OH excluding ortho intramolecular Hbond substituents is 1. The highest BCUT2D eigenvalue weighted by molar-refractivity contribution is 5.98. The van der Waals surface area contributed by atoms with Gasteiger partial charge in [0.25, 0.3) is 0 Å². The molecule has 0 aliphatic heterocycles. The highest BCUT2D eigenvalue weighted by atomic mass is 16.5. The summed E-state index contributed by atoms with van der Waals surface area (Å²) in [5.74, 6) is 0.157. The average molecular weight is 430 g/mol. The number of amides is 1. The molecule has 0 bridgehead atoms. The summed E-state index contributed by atoms with van der Waals surface area (Å²) in [5.41, 5.74) is 8.26. The molecule has 2 aromatic rings. The smallest absolute Gasteiger partial charge is 0.245 e. The first-order chi connectivity index (χ1) is 14.7. The number of carbonyl (C=O) groups is 1. The van der Waals surface area contributed by atoms with Crippen molar-refractivity contribution in [1.82, 2.24) is 5.32 Å². The highest BCUT2D eigenvalue weighted by Crippen LogP contribution is 2.17. The third-order valence-corrected chi connectivity index (χ3v) is 4.03. The zero-order valence-electron chi connectivity index (χ0n) is 17.2. The van der Waals surface area contributed by atoms with E-state index in [1.54, 1.807) is 44.2 Å². The van der Waals surface area contributed by atoms with Crippen molar-refractivity contribution in [1.29, 1.82) is 5.26 Å². The monoisotopic (exact) mass is 430 g/mol. The summed E-state index contributed by atoms with van der Waals surface area (Å²) in [6.45, 7) is 2.91. The third-order valence-electron chi connectivity index (χ3n) is 4.03. The van der Waals surface area contributed by atoms with E-state index >= 15 is 0 Å². The molecule has 10 heteroatoms. The van der Waals surface area contributed by atoms with Crippen LogP contribution in [0.3, 0.4) is 0 Å². The van der Waals surface area contributed by atoms with Gasteiger partial charge >= 0.3 is 0 Å². The second kappa shape index (κ2) is 12.7. The highest BCUT2D eigenvalue weighted by Gasteiger charge is 2.09. The van der Waals surface area contributed by atoms with Crippen LogP contribution in [0, 0.1) is 25.2 Å². The van der Waals surface area contributed by atoms with Crippen molar-refractivity contribution in [3.05, 3.63) is 58.7 Å². The number of aromatic hydroxyl groups is 1. The first-order valence-electron chi connectivity index (χ1n) is 9.18. The van der Waals surface area contributed by atoms with E-state index in [1.165, 1.54) is 6.07 Å². The molecule has 0 saturated heterocycles. The summed E-state index contributed by atoms with van der Waals surface area (Å²) in [6, 6.07) is 11.6. The van der Waals surface area contributed by atoms with Crippen LogP contribution in [0.4, 0.5) is 0 Å². The second-order valence-electron chi connectivity index (χ2n) is 6.50. The Morgan fingerprint density at radius 1 is 1.26 bits per heavy atom. The molecule has 1 amide bonds. The number of hydrogen-bond acceptors (Lipinski definition) is 8. The Labute approximate surface area is 179 Å². The Balaban J connectivity index is 0.000000399. The maximum absolute atomic E-state index is 10.8. The lowest BCUT2D eigenvalue weighted by atomic mass is 10.1. The topological polar surface area (TPSA) is 181 Å². The van der Waals surface area contributed by atoms with E-state index in [4.69, 9.17) is 31.2 Å². The quantitative estimate of drug-likeness (QED) is 0.159. The number of benzene rings is 2. The maximum atomic E-state index is 10.8. The van der Waals surface area contributed by atoms with Crippen molar-refractivity contribution >= 4 is 11.7 Å². The van der Waals surface area contributed by atoms with Gasteiger partial charge in [0.05, 0.1) is 11.6 Å². The summed E-state index contributed by atoms with van der Waals surface area (Å²) in [6.07, 6.45) is -0.899.